The van der Waals surface area contributed by atoms with Gasteiger partial charge in [-0.05, 0) is 26.7 Å². The van der Waals surface area contributed by atoms with Crippen LogP contribution in [0, 0.1) is 5.92 Å². The van der Waals surface area contributed by atoms with E-state index in [2.05, 4.69) is 0 Å². The van der Waals surface area contributed by atoms with Crippen molar-refractivity contribution in [2.24, 2.45) is 11.7 Å². The standard InChI is InChI=1S/C17H30FN3O4/c1-7-10(2)13(20(6)16(24)25-17(3,4)5)15(23)21-9-11(18)8-12(21)14(19)22/h10-13H,7-9H2,1-6H3,(H2,19,22)/t10-,11-,12-,13-/m0/s1. The molecule has 0 aromatic rings. The number of likely N-dealkylation sites (N-methyl/N-ethyl adjacent to an activating group) is 1. The average molecular weight is 359 g/mol. The molecule has 4 atom stereocenters. The van der Waals surface area contributed by atoms with E-state index in [-0.39, 0.29) is 18.9 Å². The maximum Gasteiger partial charge on any atom is 0.410 e. The number of amides is 3. The summed E-state index contributed by atoms with van der Waals surface area (Å²) in [4.78, 5) is 39.4. The van der Waals surface area contributed by atoms with Gasteiger partial charge in [0.25, 0.3) is 0 Å². The highest BCUT2D eigenvalue weighted by Gasteiger charge is 2.44. The van der Waals surface area contributed by atoms with Gasteiger partial charge in [0.2, 0.25) is 11.8 Å². The molecule has 0 radical (unpaired) electrons. The zero-order valence-electron chi connectivity index (χ0n) is 15.9. The number of primary amides is 1. The number of ether oxygens (including phenoxy) is 1. The number of carbonyl (C=O) groups is 3. The van der Waals surface area contributed by atoms with Crippen LogP contribution in [-0.4, -0.2) is 65.2 Å². The zero-order valence-corrected chi connectivity index (χ0v) is 15.9. The number of nitrogens with zero attached hydrogens (tertiary/aromatic N) is 2. The van der Waals surface area contributed by atoms with Gasteiger partial charge in [0.15, 0.2) is 0 Å². The Morgan fingerprint density at radius 1 is 1.36 bits per heavy atom. The summed E-state index contributed by atoms with van der Waals surface area (Å²) >= 11 is 0. The van der Waals surface area contributed by atoms with Gasteiger partial charge in [-0.25, -0.2) is 9.18 Å². The number of alkyl halides is 1. The molecule has 7 nitrogen and oxygen atoms in total. The molecule has 0 unspecified atom stereocenters. The molecule has 144 valence electrons. The number of likely N-dealkylation sites (tertiary alicyclic amines) is 1. The Morgan fingerprint density at radius 3 is 2.36 bits per heavy atom. The molecule has 25 heavy (non-hydrogen) atoms. The molecule has 0 saturated carbocycles. The lowest BCUT2D eigenvalue weighted by Gasteiger charge is -2.36. The van der Waals surface area contributed by atoms with Crippen LogP contribution in [0.1, 0.15) is 47.5 Å². The topological polar surface area (TPSA) is 92.9 Å². The third-order valence-electron chi connectivity index (χ3n) is 4.40. The lowest BCUT2D eigenvalue weighted by atomic mass is 9.96. The van der Waals surface area contributed by atoms with Crippen LogP contribution in [0.5, 0.6) is 0 Å². The van der Waals surface area contributed by atoms with E-state index in [0.717, 1.165) is 4.90 Å². The fourth-order valence-electron chi connectivity index (χ4n) is 2.93. The molecule has 3 amide bonds. The first-order valence-electron chi connectivity index (χ1n) is 8.58. The Balaban J connectivity index is 3.07. The maximum absolute atomic E-state index is 13.8. The Labute approximate surface area is 148 Å². The van der Waals surface area contributed by atoms with Gasteiger partial charge in [0, 0.05) is 13.5 Å². The molecule has 1 rings (SSSR count). The molecule has 1 aliphatic heterocycles. The Morgan fingerprint density at radius 2 is 1.92 bits per heavy atom. The fourth-order valence-corrected chi connectivity index (χ4v) is 2.93. The largest absolute Gasteiger partial charge is 0.444 e. The summed E-state index contributed by atoms with van der Waals surface area (Å²) in [6, 6.07) is -1.84. The van der Waals surface area contributed by atoms with Crippen LogP contribution in [0.15, 0.2) is 0 Å². The monoisotopic (exact) mass is 359 g/mol. The van der Waals surface area contributed by atoms with Gasteiger partial charge in [-0.2, -0.15) is 0 Å². The quantitative estimate of drug-likeness (QED) is 0.808. The Bertz CT molecular complexity index is 521. The Kier molecular flexibility index (Phi) is 6.79. The van der Waals surface area contributed by atoms with Crippen LogP contribution in [0.2, 0.25) is 0 Å². The number of carbonyl (C=O) groups excluding carboxylic acids is 3. The normalized spacial score (nSPS) is 23.1. The van der Waals surface area contributed by atoms with Gasteiger partial charge in [0.05, 0.1) is 6.54 Å². The van der Waals surface area contributed by atoms with Crippen LogP contribution >= 0.6 is 0 Å². The second kappa shape index (κ2) is 8.01. The van der Waals surface area contributed by atoms with Crippen molar-refractivity contribution in [1.29, 1.82) is 0 Å². The zero-order chi connectivity index (χ0) is 19.5. The maximum atomic E-state index is 13.8. The van der Waals surface area contributed by atoms with Crippen LogP contribution in [-0.2, 0) is 14.3 Å². The highest BCUT2D eigenvalue weighted by atomic mass is 19.1. The summed E-state index contributed by atoms with van der Waals surface area (Å²) in [7, 11) is 1.48. The molecule has 0 aliphatic carbocycles. The first-order valence-corrected chi connectivity index (χ1v) is 8.58. The second-order valence-corrected chi connectivity index (χ2v) is 7.66. The van der Waals surface area contributed by atoms with Crippen molar-refractivity contribution < 1.29 is 23.5 Å². The molecule has 8 heteroatoms. The van der Waals surface area contributed by atoms with Crippen molar-refractivity contribution in [3.8, 4) is 0 Å². The summed E-state index contributed by atoms with van der Waals surface area (Å²) in [5, 5.41) is 0. The molecule has 1 fully saturated rings. The van der Waals surface area contributed by atoms with Crippen molar-refractivity contribution in [1.82, 2.24) is 9.80 Å². The number of hydrogen-bond acceptors (Lipinski definition) is 4. The van der Waals surface area contributed by atoms with Gasteiger partial charge < -0.3 is 15.4 Å². The minimum Gasteiger partial charge on any atom is -0.444 e. The number of halogens is 1. The highest BCUT2D eigenvalue weighted by molar-refractivity contribution is 5.91. The molecule has 2 N–H and O–H groups in total. The lowest BCUT2D eigenvalue weighted by Crippen LogP contribution is -2.56. The minimum atomic E-state index is -1.30. The summed E-state index contributed by atoms with van der Waals surface area (Å²) in [5.74, 6) is -1.42. The first kappa shape index (κ1) is 21.2. The van der Waals surface area contributed by atoms with Crippen LogP contribution < -0.4 is 5.73 Å². The predicted octanol–water partition coefficient (Wildman–Crippen LogP) is 1.69. The average Bonchev–Trinajstić information content (AvgIpc) is 2.87. The van der Waals surface area contributed by atoms with E-state index in [1.807, 2.05) is 13.8 Å². The van der Waals surface area contributed by atoms with Crippen molar-refractivity contribution in [3.63, 3.8) is 0 Å². The molecule has 0 aromatic carbocycles. The Hall–Kier alpha value is -1.86. The van der Waals surface area contributed by atoms with E-state index in [9.17, 15) is 18.8 Å². The van der Waals surface area contributed by atoms with Crippen LogP contribution in [0.3, 0.4) is 0 Å². The summed E-state index contributed by atoms with van der Waals surface area (Å²) in [6.45, 7) is 8.72. The van der Waals surface area contributed by atoms with Gasteiger partial charge >= 0.3 is 6.09 Å². The van der Waals surface area contributed by atoms with Crippen LogP contribution in [0.4, 0.5) is 9.18 Å². The summed E-state index contributed by atoms with van der Waals surface area (Å²) < 4.78 is 19.1. The number of hydrogen-bond donors (Lipinski definition) is 1. The molecule has 1 heterocycles. The minimum absolute atomic E-state index is 0.107. The van der Waals surface area contributed by atoms with Crippen molar-refractivity contribution in [2.45, 2.75) is 71.3 Å². The van der Waals surface area contributed by atoms with Gasteiger partial charge in [-0.1, -0.05) is 20.3 Å². The van der Waals surface area contributed by atoms with E-state index in [0.29, 0.717) is 6.42 Å². The molecule has 0 bridgehead atoms. The summed E-state index contributed by atoms with van der Waals surface area (Å²) in [5.41, 5.74) is 4.60. The van der Waals surface area contributed by atoms with E-state index >= 15 is 0 Å². The van der Waals surface area contributed by atoms with Crippen molar-refractivity contribution in [3.05, 3.63) is 0 Å². The lowest BCUT2D eigenvalue weighted by molar-refractivity contribution is -0.143. The molecular formula is C17H30FN3O4. The van der Waals surface area contributed by atoms with E-state index in [1.165, 1.54) is 11.9 Å². The van der Waals surface area contributed by atoms with Crippen LogP contribution in [0.25, 0.3) is 0 Å². The van der Waals surface area contributed by atoms with E-state index < -0.39 is 41.8 Å². The fraction of sp³-hybridized carbons (Fsp3) is 0.824. The predicted molar refractivity (Wildman–Crippen MR) is 91.4 cm³/mol. The van der Waals surface area contributed by atoms with E-state index in [4.69, 9.17) is 10.5 Å². The highest BCUT2D eigenvalue weighted by Crippen LogP contribution is 2.26. The molecule has 0 aromatic heterocycles. The van der Waals surface area contributed by atoms with Gasteiger partial charge in [-0.3, -0.25) is 14.5 Å². The van der Waals surface area contributed by atoms with Gasteiger partial charge in [-0.15, -0.1) is 0 Å². The third-order valence-corrected chi connectivity index (χ3v) is 4.40. The van der Waals surface area contributed by atoms with Crippen molar-refractivity contribution >= 4 is 17.9 Å². The second-order valence-electron chi connectivity index (χ2n) is 7.66. The smallest absolute Gasteiger partial charge is 0.410 e. The summed E-state index contributed by atoms with van der Waals surface area (Å²) in [6.07, 6.45) is -1.43. The molecular weight excluding hydrogens is 329 g/mol. The number of nitrogens with two attached hydrogens (primary N) is 1. The third kappa shape index (κ3) is 5.31. The van der Waals surface area contributed by atoms with E-state index in [1.54, 1.807) is 20.8 Å². The number of rotatable bonds is 5. The SMILES string of the molecule is CC[C@H](C)[C@@H](C(=O)N1C[C@@H](F)C[C@H]1C(N)=O)N(C)C(=O)OC(C)(C)C. The first-order chi connectivity index (χ1) is 11.4. The van der Waals surface area contributed by atoms with Gasteiger partial charge in [0.1, 0.15) is 23.9 Å². The molecule has 1 aliphatic rings. The molecule has 1 saturated heterocycles. The van der Waals surface area contributed by atoms with Crippen molar-refractivity contribution in [2.75, 3.05) is 13.6 Å². The molecule has 0 spiro atoms.